The zero-order chi connectivity index (χ0) is 6.97. The van der Waals surface area contributed by atoms with Crippen LogP contribution in [0, 0.1) is 5.92 Å². The lowest BCUT2D eigenvalue weighted by molar-refractivity contribution is 0.223. The number of piperidine rings is 1. The molecule has 0 aromatic heterocycles. The van der Waals surface area contributed by atoms with Gasteiger partial charge in [-0.3, -0.25) is 0 Å². The van der Waals surface area contributed by atoms with Crippen LogP contribution >= 0.6 is 0 Å². The van der Waals surface area contributed by atoms with Crippen molar-refractivity contribution in [2.75, 3.05) is 19.6 Å². The van der Waals surface area contributed by atoms with E-state index in [1.165, 1.54) is 32.4 Å². The summed E-state index contributed by atoms with van der Waals surface area (Å²) in [7, 11) is 0. The third-order valence-corrected chi connectivity index (χ3v) is 2.84. The number of hydrogen-bond donors (Lipinski definition) is 1. The molecular formula is C8H16N2. The van der Waals surface area contributed by atoms with E-state index in [9.17, 15) is 0 Å². The highest BCUT2D eigenvalue weighted by atomic mass is 15.1. The average Bonchev–Trinajstić information content (AvgIpc) is 2.17. The fraction of sp³-hybridized carbons (Fsp3) is 1.00. The van der Waals surface area contributed by atoms with Gasteiger partial charge < -0.3 is 10.6 Å². The van der Waals surface area contributed by atoms with Gasteiger partial charge in [0.2, 0.25) is 0 Å². The fourth-order valence-corrected chi connectivity index (χ4v) is 2.24. The maximum absolute atomic E-state index is 5.91. The minimum absolute atomic E-state index is 0.468. The Balaban J connectivity index is 2.05. The van der Waals surface area contributed by atoms with Crippen LogP contribution in [0.1, 0.15) is 19.3 Å². The Morgan fingerprint density at radius 3 is 2.60 bits per heavy atom. The first-order chi connectivity index (χ1) is 4.84. The highest BCUT2D eigenvalue weighted by Crippen LogP contribution is 2.25. The van der Waals surface area contributed by atoms with E-state index >= 15 is 0 Å². The van der Waals surface area contributed by atoms with Gasteiger partial charge in [-0.05, 0) is 38.3 Å². The predicted octanol–water partition coefficient (Wildman–Crippen LogP) is 0.429. The van der Waals surface area contributed by atoms with Crippen molar-refractivity contribution in [2.24, 2.45) is 11.7 Å². The third kappa shape index (κ3) is 1.18. The van der Waals surface area contributed by atoms with E-state index in [0.717, 1.165) is 12.5 Å². The molecule has 0 aromatic rings. The van der Waals surface area contributed by atoms with Gasteiger partial charge in [0.05, 0.1) is 0 Å². The van der Waals surface area contributed by atoms with Gasteiger partial charge in [-0.25, -0.2) is 0 Å². The minimum Gasteiger partial charge on any atom is -0.327 e. The first kappa shape index (κ1) is 6.62. The van der Waals surface area contributed by atoms with E-state index in [2.05, 4.69) is 4.90 Å². The Labute approximate surface area is 62.4 Å². The minimum atomic E-state index is 0.468. The van der Waals surface area contributed by atoms with Crippen molar-refractivity contribution < 1.29 is 0 Å². The molecule has 0 saturated carbocycles. The highest BCUT2D eigenvalue weighted by molar-refractivity contribution is 4.83. The fourth-order valence-electron chi connectivity index (χ4n) is 2.24. The summed E-state index contributed by atoms with van der Waals surface area (Å²) in [5.74, 6) is 0.953. The summed E-state index contributed by atoms with van der Waals surface area (Å²) in [4.78, 5) is 2.51. The second-order valence-corrected chi connectivity index (χ2v) is 3.74. The Morgan fingerprint density at radius 1 is 1.20 bits per heavy atom. The number of hydrogen-bond acceptors (Lipinski definition) is 2. The largest absolute Gasteiger partial charge is 0.327 e. The summed E-state index contributed by atoms with van der Waals surface area (Å²) in [6.45, 7) is 3.76. The maximum Gasteiger partial charge on any atom is 0.0170 e. The van der Waals surface area contributed by atoms with Gasteiger partial charge in [-0.2, -0.15) is 0 Å². The second kappa shape index (κ2) is 2.51. The standard InChI is InChI=1S/C8H16N2/c9-8-5-7-1-3-10(6-8)4-2-7/h7-8H,1-6,9H2/t8-/m1/s1. The summed E-state index contributed by atoms with van der Waals surface area (Å²) in [6.07, 6.45) is 4.07. The lowest BCUT2D eigenvalue weighted by Crippen LogP contribution is -2.35. The topological polar surface area (TPSA) is 29.3 Å². The van der Waals surface area contributed by atoms with Gasteiger partial charge in [0, 0.05) is 12.6 Å². The van der Waals surface area contributed by atoms with Crippen LogP contribution in [0.15, 0.2) is 0 Å². The van der Waals surface area contributed by atoms with Crippen LogP contribution in [0.4, 0.5) is 0 Å². The Kier molecular flexibility index (Phi) is 1.66. The first-order valence-corrected chi connectivity index (χ1v) is 4.32. The van der Waals surface area contributed by atoms with Crippen LogP contribution in [0.2, 0.25) is 0 Å². The molecule has 3 fully saturated rings. The van der Waals surface area contributed by atoms with Crippen LogP contribution in [0.3, 0.4) is 0 Å². The van der Waals surface area contributed by atoms with Gasteiger partial charge >= 0.3 is 0 Å². The number of nitrogens with zero attached hydrogens (tertiary/aromatic N) is 1. The Hall–Kier alpha value is -0.0800. The first-order valence-electron chi connectivity index (χ1n) is 4.32. The van der Waals surface area contributed by atoms with Crippen molar-refractivity contribution in [2.45, 2.75) is 25.3 Å². The van der Waals surface area contributed by atoms with E-state index in [1.807, 2.05) is 0 Å². The van der Waals surface area contributed by atoms with Crippen LogP contribution in [0.25, 0.3) is 0 Å². The smallest absolute Gasteiger partial charge is 0.0170 e. The quantitative estimate of drug-likeness (QED) is 0.528. The van der Waals surface area contributed by atoms with Crippen molar-refractivity contribution in [1.82, 2.24) is 4.90 Å². The molecule has 0 aliphatic carbocycles. The average molecular weight is 140 g/mol. The molecular weight excluding hydrogens is 124 g/mol. The molecule has 3 rings (SSSR count). The summed E-state index contributed by atoms with van der Waals surface area (Å²) < 4.78 is 0. The Morgan fingerprint density at radius 2 is 1.90 bits per heavy atom. The zero-order valence-electron chi connectivity index (χ0n) is 6.42. The van der Waals surface area contributed by atoms with Crippen LogP contribution in [-0.2, 0) is 0 Å². The summed E-state index contributed by atoms with van der Waals surface area (Å²) >= 11 is 0. The molecule has 2 N–H and O–H groups in total. The van der Waals surface area contributed by atoms with Crippen molar-refractivity contribution in [1.29, 1.82) is 0 Å². The highest BCUT2D eigenvalue weighted by Gasteiger charge is 2.26. The lowest BCUT2D eigenvalue weighted by atomic mass is 9.94. The van der Waals surface area contributed by atoms with Crippen LogP contribution in [-0.4, -0.2) is 30.6 Å². The molecule has 2 heteroatoms. The summed E-state index contributed by atoms with van der Waals surface area (Å²) in [5.41, 5.74) is 5.91. The lowest BCUT2D eigenvalue weighted by Gasteiger charge is -2.25. The second-order valence-electron chi connectivity index (χ2n) is 3.74. The van der Waals surface area contributed by atoms with Gasteiger partial charge in [-0.15, -0.1) is 0 Å². The molecule has 0 spiro atoms. The van der Waals surface area contributed by atoms with Crippen LogP contribution in [0.5, 0.6) is 0 Å². The summed E-state index contributed by atoms with van der Waals surface area (Å²) in [5, 5.41) is 0. The number of fused-ring (bicyclic) bond motifs is 4. The molecule has 2 nitrogen and oxygen atoms in total. The normalized spacial score (nSPS) is 47.1. The van der Waals surface area contributed by atoms with Crippen molar-refractivity contribution >= 4 is 0 Å². The molecule has 0 radical (unpaired) electrons. The van der Waals surface area contributed by atoms with E-state index in [4.69, 9.17) is 5.73 Å². The molecule has 10 heavy (non-hydrogen) atoms. The monoisotopic (exact) mass is 140 g/mol. The van der Waals surface area contributed by atoms with Gasteiger partial charge in [0.25, 0.3) is 0 Å². The molecule has 0 unspecified atom stereocenters. The molecule has 58 valence electrons. The molecule has 3 saturated heterocycles. The van der Waals surface area contributed by atoms with E-state index in [-0.39, 0.29) is 0 Å². The SMILES string of the molecule is N[C@@H]1CC2CCN(CC2)C1. The van der Waals surface area contributed by atoms with Crippen LogP contribution < -0.4 is 5.73 Å². The zero-order valence-corrected chi connectivity index (χ0v) is 6.42. The van der Waals surface area contributed by atoms with Crippen molar-refractivity contribution in [3.8, 4) is 0 Å². The molecule has 0 aromatic carbocycles. The predicted molar refractivity (Wildman–Crippen MR) is 41.8 cm³/mol. The maximum atomic E-state index is 5.91. The van der Waals surface area contributed by atoms with Gasteiger partial charge in [0.15, 0.2) is 0 Å². The number of nitrogens with two attached hydrogens (primary N) is 1. The molecule has 1 atom stereocenters. The van der Waals surface area contributed by atoms with Gasteiger partial charge in [0.1, 0.15) is 0 Å². The molecule has 3 aliphatic heterocycles. The number of rotatable bonds is 0. The van der Waals surface area contributed by atoms with Gasteiger partial charge in [-0.1, -0.05) is 0 Å². The Bertz CT molecular complexity index is 102. The molecule has 3 aliphatic rings. The summed E-state index contributed by atoms with van der Waals surface area (Å²) in [6, 6.07) is 0.468. The third-order valence-electron chi connectivity index (χ3n) is 2.84. The van der Waals surface area contributed by atoms with E-state index in [0.29, 0.717) is 6.04 Å². The molecule has 3 heterocycles. The van der Waals surface area contributed by atoms with E-state index < -0.39 is 0 Å². The molecule has 2 bridgehead atoms. The molecule has 0 amide bonds. The van der Waals surface area contributed by atoms with Crippen molar-refractivity contribution in [3.63, 3.8) is 0 Å². The van der Waals surface area contributed by atoms with E-state index in [1.54, 1.807) is 0 Å². The van der Waals surface area contributed by atoms with Crippen molar-refractivity contribution in [3.05, 3.63) is 0 Å².